The molecule has 19 heavy (non-hydrogen) atoms. The predicted molar refractivity (Wildman–Crippen MR) is 80.2 cm³/mol. The lowest BCUT2D eigenvalue weighted by molar-refractivity contribution is 0.499. The van der Waals surface area contributed by atoms with Gasteiger partial charge in [0, 0.05) is 4.90 Å². The first-order valence-electron chi connectivity index (χ1n) is 6.23. The summed E-state index contributed by atoms with van der Waals surface area (Å²) in [6.45, 7) is 0. The van der Waals surface area contributed by atoms with E-state index in [0.29, 0.717) is 12.0 Å². The highest BCUT2D eigenvalue weighted by molar-refractivity contribution is 8.02. The summed E-state index contributed by atoms with van der Waals surface area (Å²) in [4.78, 5) is 1.14. The van der Waals surface area contributed by atoms with Crippen LogP contribution in [0.1, 0.15) is 16.7 Å². The van der Waals surface area contributed by atoms with E-state index in [1.165, 1.54) is 11.6 Å². The molecule has 0 unspecified atom stereocenters. The number of hydrogen-bond acceptors (Lipinski definition) is 1. The van der Waals surface area contributed by atoms with E-state index in [4.69, 9.17) is 0 Å². The molecule has 1 aliphatic heterocycles. The second-order valence-electron chi connectivity index (χ2n) is 5.29. The monoisotopic (exact) mass is 272 g/mol. The Morgan fingerprint density at radius 1 is 1.00 bits per heavy atom. The molecule has 0 spiro atoms. The zero-order valence-electron chi connectivity index (χ0n) is 10.8. The molecule has 0 fully saturated rings. The Morgan fingerprint density at radius 2 is 1.74 bits per heavy atom. The molecule has 5 heteroatoms. The van der Waals surface area contributed by atoms with Crippen molar-refractivity contribution in [2.45, 2.75) is 15.9 Å². The minimum atomic E-state index is -0.765. The third kappa shape index (κ3) is 2.10. The van der Waals surface area contributed by atoms with E-state index < -0.39 is 16.2 Å². The van der Waals surface area contributed by atoms with Gasteiger partial charge in [-0.1, -0.05) is 24.3 Å². The molecule has 0 atom stereocenters. The fraction of sp³-hybridized carbons (Fsp3) is 0.143. The molecule has 94 valence electrons. The Balaban J connectivity index is 2.26. The zero-order chi connectivity index (χ0) is 13.6. The molecule has 3 rings (SSSR count). The number of fused-ring (bicyclic) bond motifs is 2. The summed E-state index contributed by atoms with van der Waals surface area (Å²) in [6, 6.07) is 11.0. The molecule has 0 nitrogen and oxygen atoms in total. The van der Waals surface area contributed by atoms with Crippen molar-refractivity contribution >= 4 is 27.5 Å². The van der Waals surface area contributed by atoms with Crippen LogP contribution in [0.5, 0.6) is 0 Å². The molecule has 0 saturated heterocycles. The van der Waals surface area contributed by atoms with Gasteiger partial charge in [0.2, 0.25) is 0 Å². The number of benzene rings is 2. The van der Waals surface area contributed by atoms with Gasteiger partial charge in [-0.2, -0.15) is 0 Å². The van der Waals surface area contributed by atoms with Crippen LogP contribution in [0.4, 0.5) is 8.78 Å². The molecule has 0 aliphatic carbocycles. The van der Waals surface area contributed by atoms with E-state index >= 15 is 0 Å². The fourth-order valence-electron chi connectivity index (χ4n) is 2.67. The lowest BCUT2D eigenvalue weighted by Gasteiger charge is -2.26. The first kappa shape index (κ1) is 12.8. The SMILES string of the molecule is BC1(B)Sc2ccccc2Cc2ccc(F)c(F)c21. The Bertz CT molecular complexity index is 656. The summed E-state index contributed by atoms with van der Waals surface area (Å²) in [5.41, 5.74) is 2.54. The van der Waals surface area contributed by atoms with Crippen LogP contribution in [-0.2, 0) is 11.0 Å². The van der Waals surface area contributed by atoms with Crippen molar-refractivity contribution in [1.29, 1.82) is 0 Å². The average Bonchev–Trinajstić information content (AvgIpc) is 2.46. The van der Waals surface area contributed by atoms with Crippen LogP contribution in [-0.4, -0.2) is 15.7 Å². The molecule has 1 aliphatic rings. The van der Waals surface area contributed by atoms with E-state index in [2.05, 4.69) is 6.07 Å². The van der Waals surface area contributed by atoms with E-state index in [1.807, 2.05) is 33.9 Å². The lowest BCUT2D eigenvalue weighted by atomic mass is 9.63. The van der Waals surface area contributed by atoms with Gasteiger partial charge in [0.15, 0.2) is 11.6 Å². The Morgan fingerprint density at radius 3 is 2.53 bits per heavy atom. The van der Waals surface area contributed by atoms with Gasteiger partial charge in [-0.15, -0.1) is 11.8 Å². The van der Waals surface area contributed by atoms with Gasteiger partial charge >= 0.3 is 0 Å². The standard InChI is InChI=1S/C14H12B2F2S/c15-14(16)12-9(5-6-10(17)13(12)18)7-8-3-1-2-4-11(8)19-14/h1-6H,7,15-16H2. The second-order valence-corrected chi connectivity index (χ2v) is 6.96. The van der Waals surface area contributed by atoms with Gasteiger partial charge in [-0.05, 0) is 39.8 Å². The molecule has 2 aromatic rings. The highest BCUT2D eigenvalue weighted by Gasteiger charge is 2.33. The number of halogens is 2. The van der Waals surface area contributed by atoms with Crippen molar-refractivity contribution in [1.82, 2.24) is 0 Å². The van der Waals surface area contributed by atoms with Crippen LogP contribution in [0, 0.1) is 11.6 Å². The maximum Gasteiger partial charge on any atom is 0.162 e. The van der Waals surface area contributed by atoms with Crippen LogP contribution < -0.4 is 0 Å². The largest absolute Gasteiger partial charge is 0.204 e. The first-order valence-corrected chi connectivity index (χ1v) is 7.05. The summed E-state index contributed by atoms with van der Waals surface area (Å²) in [7, 11) is 3.89. The minimum Gasteiger partial charge on any atom is -0.204 e. The van der Waals surface area contributed by atoms with E-state index in [0.717, 1.165) is 10.5 Å². The number of hydrogen-bond donors (Lipinski definition) is 0. The van der Waals surface area contributed by atoms with Gasteiger partial charge in [-0.3, -0.25) is 0 Å². The Kier molecular flexibility index (Phi) is 2.97. The van der Waals surface area contributed by atoms with Crippen LogP contribution >= 0.6 is 11.8 Å². The van der Waals surface area contributed by atoms with E-state index in [-0.39, 0.29) is 0 Å². The molecule has 0 aromatic heterocycles. The van der Waals surface area contributed by atoms with Gasteiger partial charge < -0.3 is 0 Å². The lowest BCUT2D eigenvalue weighted by Crippen LogP contribution is -2.25. The van der Waals surface area contributed by atoms with Crippen molar-refractivity contribution in [3.8, 4) is 0 Å². The van der Waals surface area contributed by atoms with Crippen LogP contribution in [0.25, 0.3) is 0 Å². The van der Waals surface area contributed by atoms with Gasteiger partial charge in [0.05, 0.1) is 0 Å². The molecule has 0 radical (unpaired) electrons. The third-order valence-corrected chi connectivity index (χ3v) is 4.83. The molecular formula is C14H12B2F2S. The quantitative estimate of drug-likeness (QED) is 0.661. The fourth-order valence-corrected chi connectivity index (χ4v) is 3.96. The predicted octanol–water partition coefficient (Wildman–Crippen LogP) is 2.04. The van der Waals surface area contributed by atoms with Gasteiger partial charge in [-0.25, -0.2) is 8.78 Å². The molecule has 1 heterocycles. The van der Waals surface area contributed by atoms with Crippen LogP contribution in [0.2, 0.25) is 0 Å². The van der Waals surface area contributed by atoms with Crippen LogP contribution in [0.15, 0.2) is 41.3 Å². The van der Waals surface area contributed by atoms with E-state index in [9.17, 15) is 8.78 Å². The highest BCUT2D eigenvalue weighted by atomic mass is 32.2. The highest BCUT2D eigenvalue weighted by Crippen LogP contribution is 2.44. The zero-order valence-corrected chi connectivity index (χ0v) is 11.7. The Labute approximate surface area is 117 Å². The average molecular weight is 272 g/mol. The van der Waals surface area contributed by atoms with Crippen molar-refractivity contribution in [2.24, 2.45) is 0 Å². The van der Waals surface area contributed by atoms with Crippen LogP contribution in [0.3, 0.4) is 0 Å². The van der Waals surface area contributed by atoms with Crippen molar-refractivity contribution < 1.29 is 8.78 Å². The molecule has 0 bridgehead atoms. The first-order chi connectivity index (χ1) is 8.99. The van der Waals surface area contributed by atoms with Crippen molar-refractivity contribution in [2.75, 3.05) is 0 Å². The Hall–Kier alpha value is -1.22. The normalized spacial score (nSPS) is 16.3. The summed E-state index contributed by atoms with van der Waals surface area (Å²) < 4.78 is 27.2. The van der Waals surface area contributed by atoms with E-state index in [1.54, 1.807) is 17.8 Å². The third-order valence-electron chi connectivity index (χ3n) is 3.50. The smallest absolute Gasteiger partial charge is 0.162 e. The van der Waals surface area contributed by atoms with Gasteiger partial charge in [0.25, 0.3) is 0 Å². The summed E-state index contributed by atoms with van der Waals surface area (Å²) in [6.07, 6.45) is 0.652. The minimum absolute atomic E-state index is 0.478. The molecular weight excluding hydrogens is 260 g/mol. The molecule has 0 saturated carbocycles. The molecule has 0 N–H and O–H groups in total. The summed E-state index contributed by atoms with van der Waals surface area (Å²) in [5, 5.41) is 0. The van der Waals surface area contributed by atoms with Gasteiger partial charge in [0.1, 0.15) is 15.7 Å². The van der Waals surface area contributed by atoms with Crippen molar-refractivity contribution in [3.63, 3.8) is 0 Å². The maximum atomic E-state index is 14.2. The van der Waals surface area contributed by atoms with Crippen molar-refractivity contribution in [3.05, 3.63) is 64.7 Å². The molecule has 0 amide bonds. The maximum absolute atomic E-state index is 14.2. The number of rotatable bonds is 0. The topological polar surface area (TPSA) is 0 Å². The molecule has 2 aromatic carbocycles. The number of thioether (sulfide) groups is 1. The second kappa shape index (κ2) is 4.41. The summed E-state index contributed by atoms with van der Waals surface area (Å²) in [5.74, 6) is -1.47. The summed E-state index contributed by atoms with van der Waals surface area (Å²) >= 11 is 1.59.